The zero-order chi connectivity index (χ0) is 13.3. The Morgan fingerprint density at radius 3 is 3.05 bits per heavy atom. The second-order valence-corrected chi connectivity index (χ2v) is 6.71. The molecule has 0 unspecified atom stereocenters. The molecular formula is C11H12N4O2S2. The molecule has 2 heterocycles. The van der Waals surface area contributed by atoms with E-state index in [4.69, 9.17) is 0 Å². The number of nitrogens with zero attached hydrogens (tertiary/aromatic N) is 2. The summed E-state index contributed by atoms with van der Waals surface area (Å²) < 4.78 is 26.8. The Morgan fingerprint density at radius 2 is 2.26 bits per heavy atom. The largest absolute Gasteiger partial charge is 0.385 e. The number of rotatable bonds is 3. The van der Waals surface area contributed by atoms with Crippen molar-refractivity contribution in [1.82, 2.24) is 10.2 Å². The van der Waals surface area contributed by atoms with Crippen molar-refractivity contribution in [2.75, 3.05) is 16.6 Å². The third kappa shape index (κ3) is 2.54. The van der Waals surface area contributed by atoms with E-state index in [0.717, 1.165) is 42.0 Å². The monoisotopic (exact) mass is 296 g/mol. The fourth-order valence-electron chi connectivity index (χ4n) is 2.00. The van der Waals surface area contributed by atoms with Crippen molar-refractivity contribution >= 4 is 32.2 Å². The number of fused-ring (bicyclic) bond motifs is 1. The number of anilines is 2. The van der Waals surface area contributed by atoms with Crippen molar-refractivity contribution in [2.45, 2.75) is 17.7 Å². The summed E-state index contributed by atoms with van der Waals surface area (Å²) in [5, 5.41) is 10.8. The lowest BCUT2D eigenvalue weighted by Gasteiger charge is -2.18. The van der Waals surface area contributed by atoms with Crippen molar-refractivity contribution in [1.29, 1.82) is 0 Å². The highest BCUT2D eigenvalue weighted by Crippen LogP contribution is 2.26. The van der Waals surface area contributed by atoms with Crippen LogP contribution in [0.2, 0.25) is 0 Å². The highest BCUT2D eigenvalue weighted by molar-refractivity contribution is 7.93. The molecule has 0 atom stereocenters. The first-order valence-corrected chi connectivity index (χ1v) is 8.17. The van der Waals surface area contributed by atoms with Crippen LogP contribution in [0.1, 0.15) is 12.0 Å². The van der Waals surface area contributed by atoms with E-state index in [2.05, 4.69) is 20.2 Å². The molecule has 0 radical (unpaired) electrons. The van der Waals surface area contributed by atoms with Gasteiger partial charge >= 0.3 is 0 Å². The van der Waals surface area contributed by atoms with Gasteiger partial charge in [-0.25, -0.2) is 8.42 Å². The molecule has 0 aliphatic carbocycles. The number of sulfonamides is 1. The van der Waals surface area contributed by atoms with Gasteiger partial charge in [0.25, 0.3) is 10.0 Å². The maximum Gasteiger partial charge on any atom is 0.263 e. The minimum Gasteiger partial charge on any atom is -0.385 e. The molecule has 0 bridgehead atoms. The molecule has 1 aromatic heterocycles. The molecule has 19 heavy (non-hydrogen) atoms. The predicted molar refractivity (Wildman–Crippen MR) is 74.0 cm³/mol. The summed E-state index contributed by atoms with van der Waals surface area (Å²) in [6, 6.07) is 5.14. The van der Waals surface area contributed by atoms with Crippen molar-refractivity contribution in [3.8, 4) is 0 Å². The lowest BCUT2D eigenvalue weighted by molar-refractivity contribution is 0.601. The summed E-state index contributed by atoms with van der Waals surface area (Å²) in [6.45, 7) is 0.875. The van der Waals surface area contributed by atoms with Crippen LogP contribution in [-0.4, -0.2) is 25.2 Å². The average Bonchev–Trinajstić information content (AvgIpc) is 2.90. The third-order valence-corrected chi connectivity index (χ3v) is 4.98. The molecule has 0 saturated heterocycles. The number of aromatic nitrogens is 2. The molecule has 1 aromatic carbocycles. The van der Waals surface area contributed by atoms with Crippen LogP contribution >= 0.6 is 11.3 Å². The molecule has 0 amide bonds. The topological polar surface area (TPSA) is 84.0 Å². The van der Waals surface area contributed by atoms with E-state index in [1.54, 1.807) is 12.1 Å². The molecule has 6 nitrogen and oxygen atoms in total. The smallest absolute Gasteiger partial charge is 0.263 e. The van der Waals surface area contributed by atoms with Crippen LogP contribution in [0.3, 0.4) is 0 Å². The molecule has 3 rings (SSSR count). The van der Waals surface area contributed by atoms with E-state index in [-0.39, 0.29) is 10.0 Å². The summed E-state index contributed by atoms with van der Waals surface area (Å²) in [5.41, 5.74) is 3.53. The van der Waals surface area contributed by atoms with Crippen LogP contribution in [0.25, 0.3) is 0 Å². The van der Waals surface area contributed by atoms with Gasteiger partial charge in [0.2, 0.25) is 5.13 Å². The molecule has 8 heteroatoms. The van der Waals surface area contributed by atoms with Gasteiger partial charge in [0, 0.05) is 12.2 Å². The van der Waals surface area contributed by atoms with Crippen molar-refractivity contribution in [3.63, 3.8) is 0 Å². The van der Waals surface area contributed by atoms with Gasteiger partial charge in [0.15, 0.2) is 0 Å². The van der Waals surface area contributed by atoms with Gasteiger partial charge in [0.1, 0.15) is 5.51 Å². The lowest BCUT2D eigenvalue weighted by Crippen LogP contribution is -2.16. The van der Waals surface area contributed by atoms with Crippen LogP contribution < -0.4 is 10.0 Å². The first-order chi connectivity index (χ1) is 9.15. The first-order valence-electron chi connectivity index (χ1n) is 5.81. The van der Waals surface area contributed by atoms with E-state index in [1.807, 2.05) is 6.07 Å². The quantitative estimate of drug-likeness (QED) is 0.900. The molecule has 1 aliphatic heterocycles. The summed E-state index contributed by atoms with van der Waals surface area (Å²) in [4.78, 5) is 0.232. The molecular weight excluding hydrogens is 284 g/mol. The SMILES string of the molecule is O=S(=O)(Nc1nncs1)c1ccc2c(c1)NCCC2. The van der Waals surface area contributed by atoms with Gasteiger partial charge < -0.3 is 5.32 Å². The maximum absolute atomic E-state index is 12.2. The Labute approximate surface area is 114 Å². The van der Waals surface area contributed by atoms with Crippen LogP contribution in [-0.2, 0) is 16.4 Å². The Bertz CT molecular complexity index is 683. The Kier molecular flexibility index (Phi) is 3.11. The van der Waals surface area contributed by atoms with E-state index in [1.165, 1.54) is 5.51 Å². The molecule has 0 fully saturated rings. The molecule has 2 N–H and O–H groups in total. The fourth-order valence-corrected chi connectivity index (χ4v) is 3.72. The third-order valence-electron chi connectivity index (χ3n) is 2.91. The molecule has 0 spiro atoms. The normalized spacial score (nSPS) is 14.5. The van der Waals surface area contributed by atoms with Gasteiger partial charge in [-0.05, 0) is 30.5 Å². The summed E-state index contributed by atoms with van der Waals surface area (Å²) in [7, 11) is -3.60. The highest BCUT2D eigenvalue weighted by Gasteiger charge is 2.18. The number of nitrogens with one attached hydrogen (secondary N) is 2. The van der Waals surface area contributed by atoms with Gasteiger partial charge in [-0.2, -0.15) is 0 Å². The van der Waals surface area contributed by atoms with Crippen molar-refractivity contribution in [3.05, 3.63) is 29.3 Å². The van der Waals surface area contributed by atoms with E-state index >= 15 is 0 Å². The standard InChI is InChI=1S/C11H12N4O2S2/c16-19(17,15-11-14-13-7-18-11)9-4-3-8-2-1-5-12-10(8)6-9/h3-4,6-7,12H,1-2,5H2,(H,14,15). The number of hydrogen-bond donors (Lipinski definition) is 2. The van der Waals surface area contributed by atoms with Gasteiger partial charge in [-0.1, -0.05) is 17.4 Å². The summed E-state index contributed by atoms with van der Waals surface area (Å²) >= 11 is 1.15. The number of hydrogen-bond acceptors (Lipinski definition) is 6. The van der Waals surface area contributed by atoms with Gasteiger partial charge in [0.05, 0.1) is 4.90 Å². The highest BCUT2D eigenvalue weighted by atomic mass is 32.2. The van der Waals surface area contributed by atoms with Gasteiger partial charge in [-0.15, -0.1) is 10.2 Å². The summed E-state index contributed by atoms with van der Waals surface area (Å²) in [6.07, 6.45) is 2.05. The molecule has 0 saturated carbocycles. The maximum atomic E-state index is 12.2. The molecule has 100 valence electrons. The number of aryl methyl sites for hydroxylation is 1. The first kappa shape index (κ1) is 12.4. The van der Waals surface area contributed by atoms with Crippen molar-refractivity contribution in [2.24, 2.45) is 0 Å². The fraction of sp³-hybridized carbons (Fsp3) is 0.273. The lowest BCUT2D eigenvalue weighted by atomic mass is 10.0. The van der Waals surface area contributed by atoms with Crippen LogP contribution in [0.5, 0.6) is 0 Å². The average molecular weight is 296 g/mol. The Hall–Kier alpha value is -1.67. The van der Waals surface area contributed by atoms with Gasteiger partial charge in [-0.3, -0.25) is 4.72 Å². The second-order valence-electron chi connectivity index (χ2n) is 4.20. The van der Waals surface area contributed by atoms with Crippen molar-refractivity contribution < 1.29 is 8.42 Å². The molecule has 2 aromatic rings. The Balaban J connectivity index is 1.93. The van der Waals surface area contributed by atoms with Crippen LogP contribution in [0.4, 0.5) is 10.8 Å². The zero-order valence-corrected chi connectivity index (χ0v) is 11.6. The van der Waals surface area contributed by atoms with Crippen LogP contribution in [0, 0.1) is 0 Å². The zero-order valence-electron chi connectivity index (χ0n) is 9.96. The van der Waals surface area contributed by atoms with E-state index in [9.17, 15) is 8.42 Å². The Morgan fingerprint density at radius 1 is 1.37 bits per heavy atom. The van der Waals surface area contributed by atoms with E-state index < -0.39 is 10.0 Å². The van der Waals surface area contributed by atoms with E-state index in [0.29, 0.717) is 0 Å². The van der Waals surface area contributed by atoms with Crippen LogP contribution in [0.15, 0.2) is 28.6 Å². The minimum atomic E-state index is -3.60. The number of benzene rings is 1. The minimum absolute atomic E-state index is 0.232. The second kappa shape index (κ2) is 4.78. The molecule has 1 aliphatic rings. The summed E-state index contributed by atoms with van der Waals surface area (Å²) in [5.74, 6) is 0. The predicted octanol–water partition coefficient (Wildman–Crippen LogP) is 1.70.